The van der Waals surface area contributed by atoms with Crippen LogP contribution in [-0.4, -0.2) is 21.9 Å². The number of nitrogens with one attached hydrogen (secondary N) is 1. The van der Waals surface area contributed by atoms with Gasteiger partial charge in [0, 0.05) is 12.2 Å². The third-order valence-electron chi connectivity index (χ3n) is 2.64. The predicted molar refractivity (Wildman–Crippen MR) is 89.7 cm³/mol. The summed E-state index contributed by atoms with van der Waals surface area (Å²) < 4.78 is 0. The van der Waals surface area contributed by atoms with Gasteiger partial charge in [0.05, 0.1) is 5.75 Å². The zero-order chi connectivity index (χ0) is 15.1. The van der Waals surface area contributed by atoms with Gasteiger partial charge in [-0.2, -0.15) is 0 Å². The number of amides is 1. The Bertz CT molecular complexity index is 569. The van der Waals surface area contributed by atoms with Crippen LogP contribution in [0.2, 0.25) is 0 Å². The van der Waals surface area contributed by atoms with Crippen molar-refractivity contribution in [3.05, 3.63) is 40.9 Å². The second-order valence-electron chi connectivity index (χ2n) is 5.13. The van der Waals surface area contributed by atoms with Crippen molar-refractivity contribution < 1.29 is 4.79 Å². The largest absolute Gasteiger partial charge is 0.300 e. The molecule has 0 aliphatic rings. The van der Waals surface area contributed by atoms with Crippen molar-refractivity contribution in [2.24, 2.45) is 5.92 Å². The molecule has 1 aromatic heterocycles. The van der Waals surface area contributed by atoms with E-state index in [0.717, 1.165) is 17.2 Å². The summed E-state index contributed by atoms with van der Waals surface area (Å²) in [4.78, 5) is 11.8. The number of hydrogen-bond donors (Lipinski definition) is 1. The topological polar surface area (TPSA) is 54.9 Å². The Hall–Kier alpha value is -1.40. The zero-order valence-electron chi connectivity index (χ0n) is 12.2. The summed E-state index contributed by atoms with van der Waals surface area (Å²) in [5.74, 6) is 1.78. The summed E-state index contributed by atoms with van der Waals surface area (Å²) in [7, 11) is 0. The lowest BCUT2D eigenvalue weighted by atomic mass is 10.1. The second kappa shape index (κ2) is 8.14. The Morgan fingerprint density at radius 3 is 2.76 bits per heavy atom. The molecular weight excluding hydrogens is 302 g/mol. The molecular formula is C15H19N3OS2. The van der Waals surface area contributed by atoms with Crippen LogP contribution in [0.15, 0.2) is 30.3 Å². The van der Waals surface area contributed by atoms with Gasteiger partial charge in [0.1, 0.15) is 5.01 Å². The number of anilines is 1. The van der Waals surface area contributed by atoms with E-state index < -0.39 is 0 Å². The predicted octanol–water partition coefficient (Wildman–Crippen LogP) is 3.61. The van der Waals surface area contributed by atoms with Gasteiger partial charge in [-0.15, -0.1) is 22.0 Å². The number of nitrogens with zero attached hydrogens (tertiary/aromatic N) is 2. The van der Waals surface area contributed by atoms with Crippen molar-refractivity contribution in [2.45, 2.75) is 26.0 Å². The molecule has 0 spiro atoms. The second-order valence-corrected chi connectivity index (χ2v) is 7.17. The SMILES string of the molecule is CC(C)Cc1nnc(NC(=O)CSCc2ccccc2)s1. The summed E-state index contributed by atoms with van der Waals surface area (Å²) in [6.45, 7) is 4.28. The fourth-order valence-electron chi connectivity index (χ4n) is 1.73. The molecule has 1 aromatic carbocycles. The van der Waals surface area contributed by atoms with E-state index >= 15 is 0 Å². The van der Waals surface area contributed by atoms with Gasteiger partial charge in [0.2, 0.25) is 11.0 Å². The van der Waals surface area contributed by atoms with E-state index in [2.05, 4.69) is 41.5 Å². The van der Waals surface area contributed by atoms with Crippen LogP contribution < -0.4 is 5.32 Å². The Kier molecular flexibility index (Phi) is 6.20. The summed E-state index contributed by atoms with van der Waals surface area (Å²) in [6, 6.07) is 10.1. The first-order valence-electron chi connectivity index (χ1n) is 6.87. The monoisotopic (exact) mass is 321 g/mol. The molecule has 1 amide bonds. The first-order valence-corrected chi connectivity index (χ1v) is 8.84. The molecule has 0 saturated carbocycles. The molecule has 0 bridgehead atoms. The Morgan fingerprint density at radius 2 is 2.05 bits per heavy atom. The maximum absolute atomic E-state index is 11.8. The molecule has 0 fully saturated rings. The first kappa shape index (κ1) is 16.0. The summed E-state index contributed by atoms with van der Waals surface area (Å²) in [5.41, 5.74) is 1.23. The molecule has 0 aliphatic heterocycles. The van der Waals surface area contributed by atoms with E-state index in [4.69, 9.17) is 0 Å². The van der Waals surface area contributed by atoms with E-state index in [1.165, 1.54) is 16.9 Å². The third-order valence-corrected chi connectivity index (χ3v) is 4.51. The molecule has 0 saturated heterocycles. The van der Waals surface area contributed by atoms with Crippen molar-refractivity contribution >= 4 is 34.1 Å². The number of aromatic nitrogens is 2. The molecule has 112 valence electrons. The van der Waals surface area contributed by atoms with Gasteiger partial charge in [-0.3, -0.25) is 10.1 Å². The molecule has 21 heavy (non-hydrogen) atoms. The fraction of sp³-hybridized carbons (Fsp3) is 0.400. The molecule has 1 N–H and O–H groups in total. The van der Waals surface area contributed by atoms with Crippen LogP contribution in [0.5, 0.6) is 0 Å². The average molecular weight is 321 g/mol. The summed E-state index contributed by atoms with van der Waals surface area (Å²) in [6.07, 6.45) is 0.899. The van der Waals surface area contributed by atoms with Crippen LogP contribution in [0.25, 0.3) is 0 Å². The zero-order valence-corrected chi connectivity index (χ0v) is 13.8. The van der Waals surface area contributed by atoms with Crippen molar-refractivity contribution in [1.29, 1.82) is 0 Å². The number of thioether (sulfide) groups is 1. The molecule has 2 aromatic rings. The highest BCUT2D eigenvalue weighted by molar-refractivity contribution is 7.99. The van der Waals surface area contributed by atoms with Crippen LogP contribution in [0.1, 0.15) is 24.4 Å². The molecule has 0 aliphatic carbocycles. The van der Waals surface area contributed by atoms with Crippen LogP contribution in [0.3, 0.4) is 0 Å². The molecule has 0 radical (unpaired) electrons. The van der Waals surface area contributed by atoms with Crippen molar-refractivity contribution in [3.8, 4) is 0 Å². The third kappa shape index (κ3) is 5.85. The van der Waals surface area contributed by atoms with Gasteiger partial charge in [0.25, 0.3) is 0 Å². The highest BCUT2D eigenvalue weighted by Gasteiger charge is 2.09. The molecule has 1 heterocycles. The number of rotatable bonds is 7. The maximum atomic E-state index is 11.8. The summed E-state index contributed by atoms with van der Waals surface area (Å²) >= 11 is 3.05. The minimum Gasteiger partial charge on any atom is -0.300 e. The average Bonchev–Trinajstić information content (AvgIpc) is 2.86. The number of carbonyl (C=O) groups excluding carboxylic acids is 1. The van der Waals surface area contributed by atoms with Gasteiger partial charge >= 0.3 is 0 Å². The minimum absolute atomic E-state index is 0.0248. The quantitative estimate of drug-likeness (QED) is 0.846. The highest BCUT2D eigenvalue weighted by atomic mass is 32.2. The lowest BCUT2D eigenvalue weighted by Crippen LogP contribution is -2.13. The van der Waals surface area contributed by atoms with Gasteiger partial charge in [-0.25, -0.2) is 0 Å². The molecule has 4 nitrogen and oxygen atoms in total. The van der Waals surface area contributed by atoms with Gasteiger partial charge in [0.15, 0.2) is 0 Å². The van der Waals surface area contributed by atoms with Gasteiger partial charge in [-0.05, 0) is 11.5 Å². The Balaban J connectivity index is 1.73. The van der Waals surface area contributed by atoms with Crippen LogP contribution >= 0.6 is 23.1 Å². The van der Waals surface area contributed by atoms with Crippen LogP contribution in [0.4, 0.5) is 5.13 Å². The number of benzene rings is 1. The van der Waals surface area contributed by atoms with E-state index in [-0.39, 0.29) is 5.91 Å². The lowest BCUT2D eigenvalue weighted by Gasteiger charge is -2.02. The Labute approximate surface area is 133 Å². The lowest BCUT2D eigenvalue weighted by molar-refractivity contribution is -0.113. The van der Waals surface area contributed by atoms with Gasteiger partial charge in [-0.1, -0.05) is 55.5 Å². The standard InChI is InChI=1S/C15H19N3OS2/c1-11(2)8-14-17-18-15(21-14)16-13(19)10-20-9-12-6-4-3-5-7-12/h3-7,11H,8-10H2,1-2H3,(H,16,18,19). The molecule has 0 unspecified atom stereocenters. The minimum atomic E-state index is -0.0248. The van der Waals surface area contributed by atoms with E-state index in [0.29, 0.717) is 16.8 Å². The maximum Gasteiger partial charge on any atom is 0.236 e. The van der Waals surface area contributed by atoms with E-state index in [1.807, 2.05) is 18.2 Å². The normalized spacial score (nSPS) is 10.8. The first-order chi connectivity index (χ1) is 10.1. The number of carbonyl (C=O) groups is 1. The van der Waals surface area contributed by atoms with Crippen molar-refractivity contribution in [3.63, 3.8) is 0 Å². The fourth-order valence-corrected chi connectivity index (χ4v) is 3.48. The Morgan fingerprint density at radius 1 is 1.29 bits per heavy atom. The molecule has 2 rings (SSSR count). The van der Waals surface area contributed by atoms with Crippen LogP contribution in [0, 0.1) is 5.92 Å². The molecule has 6 heteroatoms. The van der Waals surface area contributed by atoms with E-state index in [9.17, 15) is 4.79 Å². The van der Waals surface area contributed by atoms with E-state index in [1.54, 1.807) is 11.8 Å². The van der Waals surface area contributed by atoms with Gasteiger partial charge < -0.3 is 0 Å². The smallest absolute Gasteiger partial charge is 0.236 e. The highest BCUT2D eigenvalue weighted by Crippen LogP contribution is 2.19. The molecule has 0 atom stereocenters. The van der Waals surface area contributed by atoms with Crippen molar-refractivity contribution in [1.82, 2.24) is 10.2 Å². The summed E-state index contributed by atoms with van der Waals surface area (Å²) in [5, 5.41) is 12.5. The van der Waals surface area contributed by atoms with Crippen LogP contribution in [-0.2, 0) is 17.0 Å². The van der Waals surface area contributed by atoms with Crippen molar-refractivity contribution in [2.75, 3.05) is 11.1 Å². The number of hydrogen-bond acceptors (Lipinski definition) is 5.